The fraction of sp³-hybridized carbons (Fsp3) is 0.304. The van der Waals surface area contributed by atoms with E-state index in [0.717, 1.165) is 16.9 Å². The van der Waals surface area contributed by atoms with Crippen LogP contribution in [0.25, 0.3) is 0 Å². The maximum absolute atomic E-state index is 14.1. The van der Waals surface area contributed by atoms with E-state index in [9.17, 15) is 17.2 Å². The third-order valence-corrected chi connectivity index (χ3v) is 9.48. The van der Waals surface area contributed by atoms with Crippen molar-refractivity contribution in [1.82, 2.24) is 9.21 Å². The van der Waals surface area contributed by atoms with Gasteiger partial charge in [0, 0.05) is 43.3 Å². The van der Waals surface area contributed by atoms with E-state index in [1.165, 1.54) is 28.6 Å². The highest BCUT2D eigenvalue weighted by Crippen LogP contribution is 2.29. The van der Waals surface area contributed by atoms with Crippen molar-refractivity contribution in [3.63, 3.8) is 0 Å². The van der Waals surface area contributed by atoms with Crippen LogP contribution in [0, 0.1) is 11.6 Å². The summed E-state index contributed by atoms with van der Waals surface area (Å²) in [6.07, 6.45) is -0.490. The van der Waals surface area contributed by atoms with E-state index in [1.807, 2.05) is 12.1 Å². The van der Waals surface area contributed by atoms with E-state index in [-0.39, 0.29) is 16.4 Å². The number of hydrogen-bond acceptors (Lipinski definition) is 5. The van der Waals surface area contributed by atoms with Crippen molar-refractivity contribution in [3.05, 3.63) is 86.7 Å². The Labute approximate surface area is 211 Å². The summed E-state index contributed by atoms with van der Waals surface area (Å²) in [5, 5.41) is 0.565. The Morgan fingerprint density at radius 3 is 2.18 bits per heavy atom. The Hall–Kier alpha value is -1.59. The average Bonchev–Trinajstić information content (AvgIpc) is 3.26. The summed E-state index contributed by atoms with van der Waals surface area (Å²) in [5.74, 6) is -1.33. The third kappa shape index (κ3) is 5.96. The molecule has 1 fully saturated rings. The minimum Gasteiger partial charge on any atom is -0.367 e. The smallest absolute Gasteiger partial charge is 0.252 e. The predicted molar refractivity (Wildman–Crippen MR) is 130 cm³/mol. The molecule has 4 rings (SSSR count). The van der Waals surface area contributed by atoms with Gasteiger partial charge in [-0.15, -0.1) is 11.3 Å². The van der Waals surface area contributed by atoms with E-state index >= 15 is 0 Å². The number of nitrogens with zero attached hydrogens (tertiary/aromatic N) is 2. The zero-order chi connectivity index (χ0) is 24.3. The molecular weight excluding hydrogens is 525 g/mol. The quantitative estimate of drug-likeness (QED) is 0.369. The summed E-state index contributed by atoms with van der Waals surface area (Å²) in [7, 11) is -3.59. The molecule has 182 valence electrons. The summed E-state index contributed by atoms with van der Waals surface area (Å²) in [6.45, 7) is 1.79. The van der Waals surface area contributed by atoms with Crippen molar-refractivity contribution in [1.29, 1.82) is 0 Å². The highest BCUT2D eigenvalue weighted by molar-refractivity contribution is 7.91. The van der Waals surface area contributed by atoms with Gasteiger partial charge in [0.15, 0.2) is 0 Å². The van der Waals surface area contributed by atoms with Gasteiger partial charge < -0.3 is 4.74 Å². The molecule has 0 N–H and O–H groups in total. The zero-order valence-corrected chi connectivity index (χ0v) is 21.1. The van der Waals surface area contributed by atoms with Crippen molar-refractivity contribution in [2.24, 2.45) is 0 Å². The Bertz CT molecular complexity index is 1210. The van der Waals surface area contributed by atoms with E-state index in [2.05, 4.69) is 4.90 Å². The molecule has 0 saturated carbocycles. The predicted octanol–water partition coefficient (Wildman–Crippen LogP) is 5.60. The van der Waals surface area contributed by atoms with Crippen LogP contribution in [0.4, 0.5) is 8.78 Å². The van der Waals surface area contributed by atoms with E-state index < -0.39 is 27.8 Å². The maximum Gasteiger partial charge on any atom is 0.252 e. The van der Waals surface area contributed by atoms with Gasteiger partial charge in [0.05, 0.1) is 17.0 Å². The number of benzene rings is 2. The molecule has 0 radical (unpaired) electrons. The Balaban J connectivity index is 1.44. The summed E-state index contributed by atoms with van der Waals surface area (Å²) in [6, 6.07) is 13.9. The largest absolute Gasteiger partial charge is 0.367 e. The lowest BCUT2D eigenvalue weighted by atomic mass is 10.1. The molecule has 5 nitrogen and oxygen atoms in total. The van der Waals surface area contributed by atoms with Crippen LogP contribution in [0.5, 0.6) is 0 Å². The second-order valence-electron chi connectivity index (χ2n) is 7.81. The molecule has 0 amide bonds. The number of ether oxygens (including phenoxy) is 1. The van der Waals surface area contributed by atoms with Crippen molar-refractivity contribution < 1.29 is 21.9 Å². The first kappa shape index (κ1) is 25.5. The van der Waals surface area contributed by atoms with Crippen LogP contribution < -0.4 is 0 Å². The molecule has 1 aromatic heterocycles. The lowest BCUT2D eigenvalue weighted by Crippen LogP contribution is -2.49. The van der Waals surface area contributed by atoms with Gasteiger partial charge >= 0.3 is 0 Å². The zero-order valence-electron chi connectivity index (χ0n) is 18.0. The normalized spacial score (nSPS) is 16.6. The van der Waals surface area contributed by atoms with E-state index in [4.69, 9.17) is 27.9 Å². The minimum atomic E-state index is -3.59. The average molecular weight is 547 g/mol. The van der Waals surface area contributed by atoms with Crippen molar-refractivity contribution in [2.75, 3.05) is 32.7 Å². The van der Waals surface area contributed by atoms with Crippen LogP contribution in [0.15, 0.2) is 58.8 Å². The molecule has 0 bridgehead atoms. The van der Waals surface area contributed by atoms with Crippen LogP contribution in [0.3, 0.4) is 0 Å². The van der Waals surface area contributed by atoms with Crippen LogP contribution in [0.2, 0.25) is 9.36 Å². The van der Waals surface area contributed by atoms with Crippen LogP contribution in [-0.2, 0) is 21.4 Å². The molecule has 0 unspecified atom stereocenters. The molecule has 34 heavy (non-hydrogen) atoms. The third-order valence-electron chi connectivity index (χ3n) is 5.63. The number of hydrogen-bond donors (Lipinski definition) is 0. The number of halogens is 4. The monoisotopic (exact) mass is 546 g/mol. The highest BCUT2D eigenvalue weighted by Gasteiger charge is 2.31. The molecule has 0 aliphatic carbocycles. The molecule has 1 aliphatic heterocycles. The molecule has 1 atom stereocenters. The second-order valence-corrected chi connectivity index (χ2v) is 12.1. The van der Waals surface area contributed by atoms with Gasteiger partial charge in [0.2, 0.25) is 0 Å². The SMILES string of the molecule is O=S(=O)(c1ccc(Cl)s1)N1CCN(C[C@@H](OCc2c(F)cccc2F)c2ccc(Cl)cc2)CC1. The fourth-order valence-electron chi connectivity index (χ4n) is 3.74. The Morgan fingerprint density at radius 1 is 0.941 bits per heavy atom. The van der Waals surface area contributed by atoms with Gasteiger partial charge in [-0.25, -0.2) is 17.2 Å². The molecule has 1 saturated heterocycles. The lowest BCUT2D eigenvalue weighted by Gasteiger charge is -2.35. The maximum atomic E-state index is 14.1. The van der Waals surface area contributed by atoms with E-state index in [1.54, 1.807) is 18.2 Å². The van der Waals surface area contributed by atoms with E-state index in [0.29, 0.717) is 42.1 Å². The van der Waals surface area contributed by atoms with Gasteiger partial charge in [0.1, 0.15) is 15.8 Å². The highest BCUT2D eigenvalue weighted by atomic mass is 35.5. The summed E-state index contributed by atoms with van der Waals surface area (Å²) in [5.41, 5.74) is 0.677. The molecule has 1 aliphatic rings. The molecular formula is C23H22Cl2F2N2O3S2. The molecule has 2 heterocycles. The van der Waals surface area contributed by atoms with Crippen LogP contribution >= 0.6 is 34.5 Å². The molecule has 2 aromatic carbocycles. The van der Waals surface area contributed by atoms with Crippen molar-refractivity contribution >= 4 is 44.6 Å². The first-order valence-corrected chi connectivity index (χ1v) is 13.5. The number of thiophene rings is 1. The van der Waals surface area contributed by atoms with Gasteiger partial charge in [-0.1, -0.05) is 41.4 Å². The Kier molecular flexibility index (Phi) is 8.24. The molecule has 0 spiro atoms. The van der Waals surface area contributed by atoms with Crippen LogP contribution in [-0.4, -0.2) is 50.3 Å². The van der Waals surface area contributed by atoms with Gasteiger partial charge in [-0.3, -0.25) is 4.90 Å². The lowest BCUT2D eigenvalue weighted by molar-refractivity contribution is 0.00547. The summed E-state index contributed by atoms with van der Waals surface area (Å²) in [4.78, 5) is 2.07. The van der Waals surface area contributed by atoms with Gasteiger partial charge in [-0.2, -0.15) is 4.31 Å². The van der Waals surface area contributed by atoms with Crippen molar-refractivity contribution in [3.8, 4) is 0 Å². The van der Waals surface area contributed by atoms with Crippen LogP contribution in [0.1, 0.15) is 17.2 Å². The summed E-state index contributed by atoms with van der Waals surface area (Å²) >= 11 is 13.0. The second kappa shape index (κ2) is 11.0. The number of rotatable bonds is 8. The summed E-state index contributed by atoms with van der Waals surface area (Å²) < 4.78 is 62.0. The topological polar surface area (TPSA) is 49.9 Å². The van der Waals surface area contributed by atoms with Gasteiger partial charge in [-0.05, 0) is 42.0 Å². The standard InChI is InChI=1S/C23H22Cl2F2N2O3S2/c24-17-6-4-16(5-7-17)21(32-15-18-19(26)2-1-3-20(18)27)14-28-10-12-29(13-11-28)34(30,31)23-9-8-22(25)33-23/h1-9,21H,10-15H2/t21-/m1/s1. The minimum absolute atomic E-state index is 0.132. The number of sulfonamides is 1. The van der Waals surface area contributed by atoms with Crippen molar-refractivity contribution in [2.45, 2.75) is 16.9 Å². The fourth-order valence-corrected chi connectivity index (χ4v) is 6.92. The number of piperazine rings is 1. The molecule has 3 aromatic rings. The Morgan fingerprint density at radius 2 is 1.59 bits per heavy atom. The first-order valence-electron chi connectivity index (χ1n) is 10.5. The van der Waals surface area contributed by atoms with Gasteiger partial charge in [0.25, 0.3) is 10.0 Å². The molecule has 11 heteroatoms. The first-order chi connectivity index (χ1) is 16.2.